The summed E-state index contributed by atoms with van der Waals surface area (Å²) < 4.78 is 1.05. The highest BCUT2D eigenvalue weighted by Crippen LogP contribution is 2.22. The molecule has 0 bridgehead atoms. The summed E-state index contributed by atoms with van der Waals surface area (Å²) in [6.07, 6.45) is 1.81. The number of hydrogen-bond acceptors (Lipinski definition) is 0. The second kappa shape index (κ2) is 4.27. The second-order valence-corrected chi connectivity index (χ2v) is 3.40. The Labute approximate surface area is 81.7 Å². The molecule has 0 atom stereocenters. The highest BCUT2D eigenvalue weighted by Gasteiger charge is 1.96. The van der Waals surface area contributed by atoms with E-state index in [0.717, 1.165) is 4.48 Å². The van der Waals surface area contributed by atoms with Crippen LogP contribution in [0.4, 0.5) is 0 Å². The third-order valence-corrected chi connectivity index (χ3v) is 2.66. The Morgan fingerprint density at radius 3 is 2.42 bits per heavy atom. The van der Waals surface area contributed by atoms with E-state index in [1.165, 1.54) is 11.1 Å². The second-order valence-electron chi connectivity index (χ2n) is 2.54. The van der Waals surface area contributed by atoms with Gasteiger partial charge in [0.05, 0.1) is 0 Å². The highest BCUT2D eigenvalue weighted by atomic mass is 79.9. The van der Waals surface area contributed by atoms with Gasteiger partial charge in [-0.2, -0.15) is 0 Å². The van der Waals surface area contributed by atoms with Gasteiger partial charge in [0.15, 0.2) is 0 Å². The minimum atomic E-state index is 1.05. The van der Waals surface area contributed by atoms with Crippen molar-refractivity contribution in [1.29, 1.82) is 0 Å². The molecule has 0 aliphatic carbocycles. The van der Waals surface area contributed by atoms with Crippen molar-refractivity contribution in [3.05, 3.63) is 53.0 Å². The molecule has 0 saturated carbocycles. The van der Waals surface area contributed by atoms with Gasteiger partial charge in [-0.15, -0.1) is 0 Å². The minimum Gasteiger partial charge on any atom is -0.0979 e. The summed E-state index contributed by atoms with van der Waals surface area (Å²) in [6.45, 7) is 5.77. The fourth-order valence-electron chi connectivity index (χ4n) is 0.979. The molecule has 0 radical (unpaired) electrons. The maximum Gasteiger partial charge on any atom is 0.0204 e. The van der Waals surface area contributed by atoms with E-state index in [9.17, 15) is 0 Å². The average molecular weight is 223 g/mol. The summed E-state index contributed by atoms with van der Waals surface area (Å²) in [5, 5.41) is 0. The van der Waals surface area contributed by atoms with Crippen molar-refractivity contribution in [1.82, 2.24) is 0 Å². The van der Waals surface area contributed by atoms with Crippen LogP contribution >= 0.6 is 15.9 Å². The zero-order valence-corrected chi connectivity index (χ0v) is 8.64. The molecule has 1 aromatic carbocycles. The van der Waals surface area contributed by atoms with Crippen LogP contribution < -0.4 is 0 Å². The number of allylic oxidation sites excluding steroid dienone is 3. The summed E-state index contributed by atoms with van der Waals surface area (Å²) in [6, 6.07) is 10.2. The molecule has 0 unspecified atom stereocenters. The van der Waals surface area contributed by atoms with Crippen molar-refractivity contribution in [3.8, 4) is 0 Å². The van der Waals surface area contributed by atoms with Crippen molar-refractivity contribution >= 4 is 21.5 Å². The van der Waals surface area contributed by atoms with Crippen LogP contribution in [0.25, 0.3) is 5.57 Å². The molecule has 0 N–H and O–H groups in total. The molecule has 12 heavy (non-hydrogen) atoms. The Kier molecular flexibility index (Phi) is 3.30. The van der Waals surface area contributed by atoms with Gasteiger partial charge in [-0.1, -0.05) is 58.9 Å². The molecule has 62 valence electrons. The summed E-state index contributed by atoms with van der Waals surface area (Å²) in [5.74, 6) is 0. The number of halogens is 1. The largest absolute Gasteiger partial charge is 0.0979 e. The zero-order chi connectivity index (χ0) is 8.97. The smallest absolute Gasteiger partial charge is 0.0204 e. The first-order chi connectivity index (χ1) is 5.75. The fraction of sp³-hybridized carbons (Fsp3) is 0.0909. The maximum atomic E-state index is 3.70. The molecule has 1 aromatic rings. The van der Waals surface area contributed by atoms with Crippen molar-refractivity contribution in [2.75, 3.05) is 0 Å². The molecule has 0 aliphatic heterocycles. The van der Waals surface area contributed by atoms with Crippen LogP contribution in [0.15, 0.2) is 47.5 Å². The normalized spacial score (nSPS) is 12.2. The molecular weight excluding hydrogens is 212 g/mol. The third kappa shape index (κ3) is 2.08. The average Bonchev–Trinajstić information content (AvgIpc) is 2.17. The molecule has 0 aromatic heterocycles. The molecule has 0 heterocycles. The van der Waals surface area contributed by atoms with E-state index in [-0.39, 0.29) is 0 Å². The van der Waals surface area contributed by atoms with E-state index < -0.39 is 0 Å². The lowest BCUT2D eigenvalue weighted by atomic mass is 10.1. The standard InChI is InChI=1S/C11H11Br/c1-3-11(12)9(2)10-7-5-4-6-8-10/h3-8H,1H2,2H3/b11-9+. The minimum absolute atomic E-state index is 1.05. The Bertz CT molecular complexity index is 296. The van der Waals surface area contributed by atoms with Crippen molar-refractivity contribution in [2.45, 2.75) is 6.92 Å². The molecule has 0 fully saturated rings. The predicted molar refractivity (Wildman–Crippen MR) is 58.2 cm³/mol. The number of hydrogen-bond donors (Lipinski definition) is 0. The van der Waals surface area contributed by atoms with Gasteiger partial charge in [-0.3, -0.25) is 0 Å². The van der Waals surface area contributed by atoms with E-state index >= 15 is 0 Å². The van der Waals surface area contributed by atoms with Gasteiger partial charge in [-0.25, -0.2) is 0 Å². The van der Waals surface area contributed by atoms with Crippen molar-refractivity contribution < 1.29 is 0 Å². The zero-order valence-electron chi connectivity index (χ0n) is 7.05. The van der Waals surface area contributed by atoms with Crippen molar-refractivity contribution in [3.63, 3.8) is 0 Å². The van der Waals surface area contributed by atoms with Crippen LogP contribution in [0.1, 0.15) is 12.5 Å². The van der Waals surface area contributed by atoms with Crippen LogP contribution in [0.5, 0.6) is 0 Å². The molecule has 1 rings (SSSR count). The lowest BCUT2D eigenvalue weighted by Crippen LogP contribution is -1.79. The van der Waals surface area contributed by atoms with Gasteiger partial charge in [0.2, 0.25) is 0 Å². The van der Waals surface area contributed by atoms with Gasteiger partial charge in [0.25, 0.3) is 0 Å². The van der Waals surface area contributed by atoms with Crippen LogP contribution in [0.2, 0.25) is 0 Å². The summed E-state index contributed by atoms with van der Waals surface area (Å²) in [7, 11) is 0. The summed E-state index contributed by atoms with van der Waals surface area (Å²) >= 11 is 3.44. The number of benzene rings is 1. The van der Waals surface area contributed by atoms with E-state index in [1.807, 2.05) is 24.3 Å². The molecule has 0 spiro atoms. The molecule has 0 amide bonds. The monoisotopic (exact) mass is 222 g/mol. The van der Waals surface area contributed by atoms with Gasteiger partial charge in [0, 0.05) is 4.48 Å². The quantitative estimate of drug-likeness (QED) is 0.664. The first-order valence-corrected chi connectivity index (χ1v) is 4.59. The van der Waals surface area contributed by atoms with Gasteiger partial charge in [0.1, 0.15) is 0 Å². The lowest BCUT2D eigenvalue weighted by molar-refractivity contribution is 1.56. The Balaban J connectivity index is 3.08. The molecular formula is C11H11Br. The first kappa shape index (κ1) is 9.27. The fourth-order valence-corrected chi connectivity index (χ4v) is 1.21. The van der Waals surface area contributed by atoms with Gasteiger partial charge >= 0.3 is 0 Å². The van der Waals surface area contributed by atoms with Crippen LogP contribution in [0, 0.1) is 0 Å². The Hall–Kier alpha value is -0.820. The molecule has 0 aliphatic rings. The first-order valence-electron chi connectivity index (χ1n) is 3.80. The topological polar surface area (TPSA) is 0 Å². The number of rotatable bonds is 2. The summed E-state index contributed by atoms with van der Waals surface area (Å²) in [5.41, 5.74) is 2.44. The van der Waals surface area contributed by atoms with E-state index in [1.54, 1.807) is 0 Å². The Morgan fingerprint density at radius 2 is 1.92 bits per heavy atom. The predicted octanol–water partition coefficient (Wildman–Crippen LogP) is 4.00. The molecule has 0 saturated heterocycles. The SMILES string of the molecule is C=C/C(Br)=C(/C)c1ccccc1. The van der Waals surface area contributed by atoms with Crippen LogP contribution in [-0.4, -0.2) is 0 Å². The van der Waals surface area contributed by atoms with E-state index in [0.29, 0.717) is 0 Å². The van der Waals surface area contributed by atoms with E-state index in [4.69, 9.17) is 0 Å². The summed E-state index contributed by atoms with van der Waals surface area (Å²) in [4.78, 5) is 0. The van der Waals surface area contributed by atoms with Crippen LogP contribution in [-0.2, 0) is 0 Å². The Morgan fingerprint density at radius 1 is 1.33 bits per heavy atom. The van der Waals surface area contributed by atoms with Gasteiger partial charge in [-0.05, 0) is 18.1 Å². The van der Waals surface area contributed by atoms with Gasteiger partial charge < -0.3 is 0 Å². The highest BCUT2D eigenvalue weighted by molar-refractivity contribution is 9.12. The third-order valence-electron chi connectivity index (χ3n) is 1.74. The molecule has 1 heteroatoms. The maximum absolute atomic E-state index is 3.70. The molecule has 0 nitrogen and oxygen atoms in total. The van der Waals surface area contributed by atoms with E-state index in [2.05, 4.69) is 41.6 Å². The lowest BCUT2D eigenvalue weighted by Gasteiger charge is -2.01. The van der Waals surface area contributed by atoms with Crippen molar-refractivity contribution in [2.24, 2.45) is 0 Å². The van der Waals surface area contributed by atoms with Crippen LogP contribution in [0.3, 0.4) is 0 Å².